The molecular weight excluding hydrogens is 200 g/mol. The second-order valence-corrected chi connectivity index (χ2v) is 4.22. The maximum absolute atomic E-state index is 5.64. The minimum atomic E-state index is -0.235. The van der Waals surface area contributed by atoms with Crippen LogP contribution in [-0.4, -0.2) is 20.3 Å². The van der Waals surface area contributed by atoms with Crippen molar-refractivity contribution in [3.8, 4) is 0 Å². The molecule has 0 N–H and O–H groups in total. The molecule has 2 heteroatoms. The van der Waals surface area contributed by atoms with Crippen LogP contribution in [0.3, 0.4) is 0 Å². The van der Waals surface area contributed by atoms with Gasteiger partial charge in [0.25, 0.3) is 0 Å². The molecule has 0 saturated carbocycles. The highest BCUT2D eigenvalue weighted by atomic mass is 16.6. The molecule has 0 unspecified atom stereocenters. The second-order valence-electron chi connectivity index (χ2n) is 4.22. The Labute approximate surface area is 94.8 Å². The average molecular weight is 214 g/mol. The minimum Gasteiger partial charge on any atom is -0.375 e. The summed E-state index contributed by atoms with van der Waals surface area (Å²) in [4.78, 5) is 0. The van der Waals surface area contributed by atoms with E-state index >= 15 is 0 Å². The van der Waals surface area contributed by atoms with Crippen LogP contribution in [0.5, 0.6) is 0 Å². The first-order valence-corrected chi connectivity index (χ1v) is 5.47. The number of fused-ring (bicyclic) bond motifs is 1. The Morgan fingerprint density at radius 1 is 1.06 bits per heavy atom. The fraction of sp³-hybridized carbons (Fsp3) is 0.286. The molecule has 2 aromatic carbocycles. The molecule has 0 spiro atoms. The molecule has 82 valence electrons. The van der Waals surface area contributed by atoms with Crippen LogP contribution in [0, 0.1) is 0 Å². The third kappa shape index (κ3) is 1.27. The van der Waals surface area contributed by atoms with Gasteiger partial charge < -0.3 is 9.47 Å². The summed E-state index contributed by atoms with van der Waals surface area (Å²) >= 11 is 0. The van der Waals surface area contributed by atoms with Gasteiger partial charge in [0.2, 0.25) is 0 Å². The predicted molar refractivity (Wildman–Crippen MR) is 63.5 cm³/mol. The lowest BCUT2D eigenvalue weighted by molar-refractivity contribution is -0.201. The van der Waals surface area contributed by atoms with E-state index in [4.69, 9.17) is 9.47 Å². The molecule has 1 aliphatic rings. The van der Waals surface area contributed by atoms with E-state index in [9.17, 15) is 0 Å². The highest BCUT2D eigenvalue weighted by Crippen LogP contribution is 2.37. The van der Waals surface area contributed by atoms with Gasteiger partial charge in [-0.2, -0.15) is 0 Å². The van der Waals surface area contributed by atoms with Gasteiger partial charge in [-0.05, 0) is 16.3 Å². The lowest BCUT2D eigenvalue weighted by Gasteiger charge is -2.41. The number of hydrogen-bond acceptors (Lipinski definition) is 2. The first kappa shape index (κ1) is 9.82. The highest BCUT2D eigenvalue weighted by molar-refractivity contribution is 5.86. The second kappa shape index (κ2) is 3.58. The van der Waals surface area contributed by atoms with Gasteiger partial charge in [0.15, 0.2) is 0 Å². The van der Waals surface area contributed by atoms with E-state index in [2.05, 4.69) is 42.5 Å². The third-order valence-electron chi connectivity index (χ3n) is 3.34. The zero-order valence-electron chi connectivity index (χ0n) is 9.27. The first-order valence-electron chi connectivity index (χ1n) is 5.47. The molecule has 0 atom stereocenters. The lowest BCUT2D eigenvalue weighted by atomic mass is 9.88. The van der Waals surface area contributed by atoms with Crippen LogP contribution in [0.25, 0.3) is 10.8 Å². The molecule has 1 fully saturated rings. The molecule has 0 bridgehead atoms. The van der Waals surface area contributed by atoms with Gasteiger partial charge >= 0.3 is 0 Å². The largest absolute Gasteiger partial charge is 0.375 e. The summed E-state index contributed by atoms with van der Waals surface area (Å²) in [7, 11) is 1.75. The van der Waals surface area contributed by atoms with Crippen molar-refractivity contribution in [2.24, 2.45) is 0 Å². The topological polar surface area (TPSA) is 18.5 Å². The van der Waals surface area contributed by atoms with Crippen molar-refractivity contribution in [2.75, 3.05) is 20.3 Å². The van der Waals surface area contributed by atoms with Gasteiger partial charge in [-0.25, -0.2) is 0 Å². The number of ether oxygens (including phenoxy) is 2. The fourth-order valence-electron chi connectivity index (χ4n) is 2.29. The first-order chi connectivity index (χ1) is 7.86. The van der Waals surface area contributed by atoms with Crippen molar-refractivity contribution in [3.05, 3.63) is 48.0 Å². The maximum Gasteiger partial charge on any atom is 0.140 e. The molecule has 2 aromatic rings. The van der Waals surface area contributed by atoms with Crippen LogP contribution in [-0.2, 0) is 15.1 Å². The Hall–Kier alpha value is -1.38. The van der Waals surface area contributed by atoms with Gasteiger partial charge in [0.1, 0.15) is 5.60 Å². The van der Waals surface area contributed by atoms with Gasteiger partial charge in [-0.15, -0.1) is 0 Å². The molecule has 16 heavy (non-hydrogen) atoms. The summed E-state index contributed by atoms with van der Waals surface area (Å²) in [6.45, 7) is 1.30. The maximum atomic E-state index is 5.64. The fourth-order valence-corrected chi connectivity index (χ4v) is 2.29. The predicted octanol–water partition coefficient (Wildman–Crippen LogP) is 2.71. The van der Waals surface area contributed by atoms with Gasteiger partial charge in [-0.1, -0.05) is 42.5 Å². The van der Waals surface area contributed by atoms with E-state index in [1.807, 2.05) is 0 Å². The van der Waals surface area contributed by atoms with E-state index in [1.165, 1.54) is 16.3 Å². The van der Waals surface area contributed by atoms with Crippen LogP contribution >= 0.6 is 0 Å². The number of methoxy groups -OCH3 is 1. The van der Waals surface area contributed by atoms with Crippen LogP contribution in [0.1, 0.15) is 5.56 Å². The third-order valence-corrected chi connectivity index (χ3v) is 3.34. The smallest absolute Gasteiger partial charge is 0.140 e. The Kier molecular flexibility index (Phi) is 2.20. The zero-order valence-corrected chi connectivity index (χ0v) is 9.27. The van der Waals surface area contributed by atoms with Crippen LogP contribution < -0.4 is 0 Å². The number of benzene rings is 2. The normalized spacial score (nSPS) is 18.3. The van der Waals surface area contributed by atoms with Crippen LogP contribution in [0.15, 0.2) is 42.5 Å². The quantitative estimate of drug-likeness (QED) is 0.765. The van der Waals surface area contributed by atoms with Crippen molar-refractivity contribution >= 4 is 10.8 Å². The molecule has 0 amide bonds. The monoisotopic (exact) mass is 214 g/mol. The van der Waals surface area contributed by atoms with Crippen LogP contribution in [0.2, 0.25) is 0 Å². The molecule has 1 heterocycles. The summed E-state index contributed by atoms with van der Waals surface area (Å²) in [6.07, 6.45) is 0. The molecule has 0 aromatic heterocycles. The summed E-state index contributed by atoms with van der Waals surface area (Å²) in [5, 5.41) is 2.51. The highest BCUT2D eigenvalue weighted by Gasteiger charge is 2.41. The Morgan fingerprint density at radius 2 is 1.81 bits per heavy atom. The summed E-state index contributed by atoms with van der Waals surface area (Å²) in [5.74, 6) is 0. The molecular formula is C14H14O2. The SMILES string of the molecule is COC1(c2cccc3ccccc23)COC1. The van der Waals surface area contributed by atoms with E-state index in [0.29, 0.717) is 13.2 Å². The summed E-state index contributed by atoms with van der Waals surface area (Å²) < 4.78 is 11.0. The molecule has 1 aliphatic heterocycles. The van der Waals surface area contributed by atoms with E-state index < -0.39 is 0 Å². The Balaban J connectivity index is 2.23. The van der Waals surface area contributed by atoms with Crippen molar-refractivity contribution in [1.29, 1.82) is 0 Å². The summed E-state index contributed by atoms with van der Waals surface area (Å²) in [5.41, 5.74) is 1.00. The Bertz CT molecular complexity index is 504. The van der Waals surface area contributed by atoms with Crippen molar-refractivity contribution in [2.45, 2.75) is 5.60 Å². The van der Waals surface area contributed by atoms with Gasteiger partial charge in [-0.3, -0.25) is 0 Å². The van der Waals surface area contributed by atoms with E-state index in [-0.39, 0.29) is 5.60 Å². The number of rotatable bonds is 2. The number of hydrogen-bond donors (Lipinski definition) is 0. The lowest BCUT2D eigenvalue weighted by Crippen LogP contribution is -2.48. The zero-order chi connectivity index (χ0) is 11.0. The van der Waals surface area contributed by atoms with Gasteiger partial charge in [0.05, 0.1) is 13.2 Å². The molecule has 0 radical (unpaired) electrons. The van der Waals surface area contributed by atoms with Crippen molar-refractivity contribution in [3.63, 3.8) is 0 Å². The molecule has 0 aliphatic carbocycles. The molecule has 2 nitrogen and oxygen atoms in total. The van der Waals surface area contributed by atoms with Crippen molar-refractivity contribution in [1.82, 2.24) is 0 Å². The summed E-state index contributed by atoms with van der Waals surface area (Å²) in [6, 6.07) is 14.7. The minimum absolute atomic E-state index is 0.235. The van der Waals surface area contributed by atoms with E-state index in [0.717, 1.165) is 0 Å². The molecule has 3 rings (SSSR count). The van der Waals surface area contributed by atoms with Crippen molar-refractivity contribution < 1.29 is 9.47 Å². The van der Waals surface area contributed by atoms with Crippen LogP contribution in [0.4, 0.5) is 0 Å². The molecule has 1 saturated heterocycles. The Morgan fingerprint density at radius 3 is 2.50 bits per heavy atom. The average Bonchev–Trinajstić information content (AvgIpc) is 2.29. The standard InChI is InChI=1S/C14H14O2/c1-15-14(9-16-10-14)13-8-4-6-11-5-2-3-7-12(11)13/h2-8H,9-10H2,1H3. The van der Waals surface area contributed by atoms with Gasteiger partial charge in [0, 0.05) is 7.11 Å². The van der Waals surface area contributed by atoms with E-state index in [1.54, 1.807) is 7.11 Å².